The van der Waals surface area contributed by atoms with E-state index in [2.05, 4.69) is 81.2 Å². The van der Waals surface area contributed by atoms with E-state index in [9.17, 15) is 0 Å². The van der Waals surface area contributed by atoms with Gasteiger partial charge in [-0.2, -0.15) is 0 Å². The van der Waals surface area contributed by atoms with Crippen molar-refractivity contribution < 1.29 is 9.31 Å². The molecule has 4 rings (SSSR count). The summed E-state index contributed by atoms with van der Waals surface area (Å²) < 4.78 is 12.5. The van der Waals surface area contributed by atoms with Crippen molar-refractivity contribution in [3.8, 4) is 0 Å². The van der Waals surface area contributed by atoms with Crippen LogP contribution in [0.3, 0.4) is 0 Å². The summed E-state index contributed by atoms with van der Waals surface area (Å²) in [5, 5.41) is 0. The molecule has 114 valence electrons. The zero-order valence-corrected chi connectivity index (χ0v) is 13.7. The smallest absolute Gasteiger partial charge is 0.384 e. The summed E-state index contributed by atoms with van der Waals surface area (Å²) in [6, 6.07) is 0. The van der Waals surface area contributed by atoms with Gasteiger partial charge in [-0.25, -0.2) is 0 Å². The fraction of sp³-hybridized carbons (Fsp3) is 0.444. The van der Waals surface area contributed by atoms with Crippen molar-refractivity contribution in [2.75, 3.05) is 0 Å². The maximum atomic E-state index is 6.25. The molecule has 2 aliphatic heterocycles. The average molecular weight is 295 g/mol. The van der Waals surface area contributed by atoms with Crippen LogP contribution in [0.15, 0.2) is 60.0 Å². The zero-order chi connectivity index (χ0) is 15.6. The average Bonchev–Trinajstić information content (AvgIpc) is 2.90. The van der Waals surface area contributed by atoms with Gasteiger partial charge in [0.15, 0.2) is 0 Å². The highest BCUT2D eigenvalue weighted by Gasteiger charge is 2.57. The van der Waals surface area contributed by atoms with E-state index in [4.69, 9.17) is 9.31 Å². The summed E-state index contributed by atoms with van der Waals surface area (Å²) in [5.74, 6) is 0. The number of allylic oxidation sites excluding steroid dienone is 7. The maximum Gasteiger partial charge on any atom is 0.598 e. The van der Waals surface area contributed by atoms with Crippen molar-refractivity contribution in [1.29, 1.82) is 0 Å². The maximum absolute atomic E-state index is 6.25. The Bertz CT molecular complexity index is 653. The fourth-order valence-corrected chi connectivity index (χ4v) is 3.50. The van der Waals surface area contributed by atoms with E-state index in [0.29, 0.717) is 0 Å². The summed E-state index contributed by atoms with van der Waals surface area (Å²) in [7, 11) is -0.375. The summed E-state index contributed by atoms with van der Waals surface area (Å²) in [5.41, 5.74) is 1.85. The number of nitrogens with zero attached hydrogens (tertiary/aromatic N) is 1. The molecule has 0 radical (unpaired) electrons. The first-order chi connectivity index (χ1) is 10.4. The Morgan fingerprint density at radius 2 is 1.77 bits per heavy atom. The van der Waals surface area contributed by atoms with Crippen molar-refractivity contribution in [2.24, 2.45) is 5.41 Å². The van der Waals surface area contributed by atoms with Gasteiger partial charge < -0.3 is 14.1 Å². The lowest BCUT2D eigenvalue weighted by molar-refractivity contribution is 0.00578. The first kappa shape index (κ1) is 14.1. The van der Waals surface area contributed by atoms with Gasteiger partial charge in [-0.3, -0.25) is 0 Å². The minimum absolute atomic E-state index is 0.0485. The second-order valence-corrected chi connectivity index (χ2v) is 7.43. The Morgan fingerprint density at radius 1 is 1.05 bits per heavy atom. The number of hydrogen-bond donors (Lipinski definition) is 0. The van der Waals surface area contributed by atoms with Gasteiger partial charge in [-0.15, -0.1) is 0 Å². The van der Waals surface area contributed by atoms with E-state index in [1.807, 2.05) is 0 Å². The Labute approximate surface area is 132 Å². The first-order valence-corrected chi connectivity index (χ1v) is 7.95. The molecule has 0 saturated carbocycles. The molecule has 0 bridgehead atoms. The Hall–Kier alpha value is -1.52. The van der Waals surface area contributed by atoms with Crippen LogP contribution in [0.25, 0.3) is 0 Å². The normalized spacial score (nSPS) is 33.6. The van der Waals surface area contributed by atoms with Gasteiger partial charge >= 0.3 is 7.25 Å². The molecule has 22 heavy (non-hydrogen) atoms. The molecule has 4 aliphatic rings. The second kappa shape index (κ2) is 4.27. The highest BCUT2D eigenvalue weighted by Crippen LogP contribution is 2.53. The SMILES string of the molecule is CC1(C)OB(N2C=C3C=CC=CC34CC=CC=C24)OC1(C)C. The van der Waals surface area contributed by atoms with E-state index >= 15 is 0 Å². The van der Waals surface area contributed by atoms with Gasteiger partial charge in [0.05, 0.1) is 16.6 Å². The molecule has 4 heteroatoms. The van der Waals surface area contributed by atoms with Gasteiger partial charge in [0.1, 0.15) is 0 Å². The van der Waals surface area contributed by atoms with E-state index in [1.54, 1.807) is 0 Å². The summed E-state index contributed by atoms with van der Waals surface area (Å²) in [6.07, 6.45) is 18.4. The van der Waals surface area contributed by atoms with Crippen LogP contribution in [0.1, 0.15) is 34.1 Å². The molecule has 2 aliphatic carbocycles. The van der Waals surface area contributed by atoms with Crippen molar-refractivity contribution in [3.63, 3.8) is 0 Å². The van der Waals surface area contributed by atoms with E-state index in [-0.39, 0.29) is 23.9 Å². The van der Waals surface area contributed by atoms with Crippen molar-refractivity contribution in [2.45, 2.75) is 45.3 Å². The lowest BCUT2D eigenvalue weighted by Crippen LogP contribution is -2.41. The lowest BCUT2D eigenvalue weighted by Gasteiger charge is -2.35. The summed E-state index contributed by atoms with van der Waals surface area (Å²) in [4.78, 5) is 2.16. The third-order valence-corrected chi connectivity index (χ3v) is 5.59. The second-order valence-electron chi connectivity index (χ2n) is 7.43. The first-order valence-electron chi connectivity index (χ1n) is 7.95. The van der Waals surface area contributed by atoms with Gasteiger partial charge in [0.25, 0.3) is 0 Å². The Morgan fingerprint density at radius 3 is 2.50 bits per heavy atom. The summed E-state index contributed by atoms with van der Waals surface area (Å²) >= 11 is 0. The van der Waals surface area contributed by atoms with E-state index < -0.39 is 0 Å². The highest BCUT2D eigenvalue weighted by atomic mass is 16.7. The molecule has 1 saturated heterocycles. The van der Waals surface area contributed by atoms with Crippen molar-refractivity contribution >= 4 is 7.25 Å². The van der Waals surface area contributed by atoms with Crippen LogP contribution in [0.5, 0.6) is 0 Å². The molecule has 1 spiro atoms. The predicted molar refractivity (Wildman–Crippen MR) is 88.6 cm³/mol. The molecule has 1 atom stereocenters. The van der Waals surface area contributed by atoms with E-state index in [0.717, 1.165) is 6.42 Å². The lowest BCUT2D eigenvalue weighted by atomic mass is 9.72. The number of rotatable bonds is 1. The van der Waals surface area contributed by atoms with Crippen LogP contribution in [0.4, 0.5) is 0 Å². The van der Waals surface area contributed by atoms with Crippen LogP contribution < -0.4 is 0 Å². The molecule has 1 unspecified atom stereocenters. The fourth-order valence-electron chi connectivity index (χ4n) is 3.50. The van der Waals surface area contributed by atoms with Gasteiger partial charge in [-0.05, 0) is 52.0 Å². The zero-order valence-electron chi connectivity index (χ0n) is 13.7. The molecule has 0 N–H and O–H groups in total. The van der Waals surface area contributed by atoms with E-state index in [1.165, 1.54) is 11.3 Å². The third-order valence-electron chi connectivity index (χ3n) is 5.59. The van der Waals surface area contributed by atoms with Gasteiger partial charge in [0, 0.05) is 5.70 Å². The molecule has 2 heterocycles. The minimum atomic E-state index is -0.375. The van der Waals surface area contributed by atoms with Crippen molar-refractivity contribution in [3.05, 3.63) is 60.0 Å². The number of hydrogen-bond acceptors (Lipinski definition) is 3. The molecule has 1 fully saturated rings. The minimum Gasteiger partial charge on any atom is -0.384 e. The van der Waals surface area contributed by atoms with Crippen LogP contribution in [-0.2, 0) is 9.31 Å². The molecule has 0 aromatic rings. The standard InChI is InChI=1S/C18H22BNO2/c1-16(2)17(3,4)22-19(21-16)20-13-14-9-5-7-11-18(14)12-8-6-10-15(18)20/h5-11,13H,12H2,1-4H3. The molecule has 0 aromatic heterocycles. The third kappa shape index (κ3) is 1.71. The molecule has 0 amide bonds. The topological polar surface area (TPSA) is 21.7 Å². The molecule has 0 aromatic carbocycles. The van der Waals surface area contributed by atoms with Crippen LogP contribution in [0.2, 0.25) is 0 Å². The molecular formula is C18H22BNO2. The molecule has 3 nitrogen and oxygen atoms in total. The quantitative estimate of drug-likeness (QED) is 0.688. The highest BCUT2D eigenvalue weighted by molar-refractivity contribution is 6.43. The van der Waals surface area contributed by atoms with Crippen LogP contribution in [-0.4, -0.2) is 23.3 Å². The Kier molecular flexibility index (Phi) is 2.74. The predicted octanol–water partition coefficient (Wildman–Crippen LogP) is 3.73. The van der Waals surface area contributed by atoms with Gasteiger partial charge in [-0.1, -0.05) is 36.5 Å². The largest absolute Gasteiger partial charge is 0.598 e. The van der Waals surface area contributed by atoms with Crippen LogP contribution >= 0.6 is 0 Å². The van der Waals surface area contributed by atoms with Gasteiger partial charge in [0.2, 0.25) is 0 Å². The van der Waals surface area contributed by atoms with Crippen molar-refractivity contribution in [1.82, 2.24) is 4.81 Å². The summed E-state index contributed by atoms with van der Waals surface area (Å²) in [6.45, 7) is 8.37. The monoisotopic (exact) mass is 295 g/mol. The Balaban J connectivity index is 1.74. The molecular weight excluding hydrogens is 273 g/mol. The van der Waals surface area contributed by atoms with Crippen LogP contribution in [0, 0.1) is 5.41 Å².